The Balaban J connectivity index is 2.70. The molecule has 0 aliphatic rings. The number of nitrogens with one attached hydrogen (secondary N) is 2. The van der Waals surface area contributed by atoms with Crippen molar-refractivity contribution in [1.82, 2.24) is 15.3 Å². The molecule has 0 aliphatic carbocycles. The quantitative estimate of drug-likeness (QED) is 0.750. The van der Waals surface area contributed by atoms with Crippen LogP contribution in [0.15, 0.2) is 12.5 Å². The van der Waals surface area contributed by atoms with E-state index < -0.39 is 12.0 Å². The maximum atomic E-state index is 12.0. The second-order valence-corrected chi connectivity index (χ2v) is 4.90. The van der Waals surface area contributed by atoms with Crippen LogP contribution in [0, 0.1) is 11.8 Å². The Labute approximate surface area is 112 Å². The van der Waals surface area contributed by atoms with E-state index >= 15 is 0 Å². The molecule has 6 nitrogen and oxygen atoms in total. The largest absolute Gasteiger partial charge is 0.467 e. The first-order chi connectivity index (χ1) is 8.95. The van der Waals surface area contributed by atoms with Gasteiger partial charge in [-0.3, -0.25) is 4.79 Å². The Morgan fingerprint density at radius 1 is 1.42 bits per heavy atom. The van der Waals surface area contributed by atoms with Gasteiger partial charge in [0.2, 0.25) is 5.91 Å². The van der Waals surface area contributed by atoms with Crippen molar-refractivity contribution in [2.45, 2.75) is 33.2 Å². The average molecular weight is 267 g/mol. The number of esters is 1. The van der Waals surface area contributed by atoms with E-state index in [9.17, 15) is 9.59 Å². The molecule has 0 aliphatic heterocycles. The van der Waals surface area contributed by atoms with Gasteiger partial charge in [-0.05, 0) is 5.92 Å². The zero-order valence-corrected chi connectivity index (χ0v) is 11.8. The van der Waals surface area contributed by atoms with Crippen molar-refractivity contribution in [3.05, 3.63) is 18.2 Å². The van der Waals surface area contributed by atoms with Gasteiger partial charge in [0.05, 0.1) is 13.4 Å². The molecule has 0 aromatic carbocycles. The monoisotopic (exact) mass is 267 g/mol. The Hall–Kier alpha value is -1.85. The molecule has 106 valence electrons. The number of carbonyl (C=O) groups is 2. The molecule has 1 aromatic heterocycles. The standard InChI is InChI=1S/C13H21N3O3/c1-8(2)9(3)12(17)16-11(13(18)19-4)5-10-6-14-7-15-10/h6-9,11H,5H2,1-4H3,(H,14,15)(H,16,17)/t9?,11-/m0/s1. The van der Waals surface area contributed by atoms with Gasteiger partial charge in [0, 0.05) is 24.2 Å². The molecule has 1 unspecified atom stereocenters. The topological polar surface area (TPSA) is 84.1 Å². The third kappa shape index (κ3) is 4.39. The van der Waals surface area contributed by atoms with E-state index in [1.165, 1.54) is 13.4 Å². The zero-order valence-electron chi connectivity index (χ0n) is 11.8. The van der Waals surface area contributed by atoms with Gasteiger partial charge in [-0.2, -0.15) is 0 Å². The molecule has 19 heavy (non-hydrogen) atoms. The van der Waals surface area contributed by atoms with Crippen LogP contribution >= 0.6 is 0 Å². The maximum absolute atomic E-state index is 12.0. The van der Waals surface area contributed by atoms with Crippen LogP contribution in [0.1, 0.15) is 26.5 Å². The van der Waals surface area contributed by atoms with Crippen molar-refractivity contribution in [3.8, 4) is 0 Å². The number of methoxy groups -OCH3 is 1. The molecule has 0 saturated heterocycles. The molecule has 0 bridgehead atoms. The minimum absolute atomic E-state index is 0.148. The molecular formula is C13H21N3O3. The summed E-state index contributed by atoms with van der Waals surface area (Å²) in [7, 11) is 1.31. The molecule has 1 amide bonds. The first-order valence-corrected chi connectivity index (χ1v) is 6.31. The summed E-state index contributed by atoms with van der Waals surface area (Å²) in [5.74, 6) is -0.553. The molecule has 1 heterocycles. The number of amides is 1. The van der Waals surface area contributed by atoms with Gasteiger partial charge in [0.25, 0.3) is 0 Å². The van der Waals surface area contributed by atoms with Crippen molar-refractivity contribution in [2.24, 2.45) is 11.8 Å². The van der Waals surface area contributed by atoms with E-state index in [4.69, 9.17) is 4.74 Å². The average Bonchev–Trinajstić information content (AvgIpc) is 2.88. The Morgan fingerprint density at radius 2 is 2.11 bits per heavy atom. The van der Waals surface area contributed by atoms with Gasteiger partial charge in [0.1, 0.15) is 6.04 Å². The van der Waals surface area contributed by atoms with Crippen molar-refractivity contribution >= 4 is 11.9 Å². The van der Waals surface area contributed by atoms with Crippen LogP contribution < -0.4 is 5.32 Å². The van der Waals surface area contributed by atoms with E-state index in [0.717, 1.165) is 5.69 Å². The summed E-state index contributed by atoms with van der Waals surface area (Å²) in [6.07, 6.45) is 3.49. The molecule has 6 heteroatoms. The number of nitrogens with zero attached hydrogens (tertiary/aromatic N) is 1. The van der Waals surface area contributed by atoms with Crippen LogP contribution in [0.4, 0.5) is 0 Å². The molecule has 0 spiro atoms. The predicted molar refractivity (Wildman–Crippen MR) is 70.2 cm³/mol. The number of hydrogen-bond donors (Lipinski definition) is 2. The van der Waals surface area contributed by atoms with Crippen LogP contribution in [0.5, 0.6) is 0 Å². The van der Waals surface area contributed by atoms with Crippen LogP contribution in [-0.4, -0.2) is 35.0 Å². The summed E-state index contributed by atoms with van der Waals surface area (Å²) in [5, 5.41) is 2.73. The number of hydrogen-bond acceptors (Lipinski definition) is 4. The number of aromatic amines is 1. The van der Waals surface area contributed by atoms with Crippen LogP contribution in [0.3, 0.4) is 0 Å². The second-order valence-electron chi connectivity index (χ2n) is 4.90. The number of H-pyrrole nitrogens is 1. The van der Waals surface area contributed by atoms with E-state index in [0.29, 0.717) is 6.42 Å². The van der Waals surface area contributed by atoms with Crippen LogP contribution in [0.2, 0.25) is 0 Å². The number of aromatic nitrogens is 2. The van der Waals surface area contributed by atoms with Crippen molar-refractivity contribution in [1.29, 1.82) is 0 Å². The molecule has 2 atom stereocenters. The highest BCUT2D eigenvalue weighted by Crippen LogP contribution is 2.10. The summed E-state index contributed by atoms with van der Waals surface area (Å²) >= 11 is 0. The van der Waals surface area contributed by atoms with Gasteiger partial charge in [-0.25, -0.2) is 9.78 Å². The molecule has 0 radical (unpaired) electrons. The molecule has 0 fully saturated rings. The number of rotatable bonds is 6. The minimum Gasteiger partial charge on any atom is -0.467 e. The lowest BCUT2D eigenvalue weighted by molar-refractivity contribution is -0.145. The van der Waals surface area contributed by atoms with Gasteiger partial charge >= 0.3 is 5.97 Å². The molecule has 1 rings (SSSR count). The molecule has 1 aromatic rings. The van der Waals surface area contributed by atoms with E-state index in [2.05, 4.69) is 15.3 Å². The highest BCUT2D eigenvalue weighted by molar-refractivity contribution is 5.85. The van der Waals surface area contributed by atoms with Gasteiger partial charge in [-0.15, -0.1) is 0 Å². The van der Waals surface area contributed by atoms with E-state index in [1.54, 1.807) is 6.20 Å². The fourth-order valence-corrected chi connectivity index (χ4v) is 1.56. The number of carbonyl (C=O) groups excluding carboxylic acids is 2. The molecule has 0 saturated carbocycles. The SMILES string of the molecule is COC(=O)[C@H](Cc1cnc[nH]1)NC(=O)C(C)C(C)C. The normalized spacial score (nSPS) is 13.9. The van der Waals surface area contributed by atoms with Crippen LogP contribution in [-0.2, 0) is 20.7 Å². The lowest BCUT2D eigenvalue weighted by atomic mass is 9.96. The molecular weight excluding hydrogens is 246 g/mol. The molecule has 2 N–H and O–H groups in total. The van der Waals surface area contributed by atoms with Gasteiger partial charge < -0.3 is 15.0 Å². The summed E-state index contributed by atoms with van der Waals surface area (Å²) in [6, 6.07) is -0.695. The zero-order chi connectivity index (χ0) is 14.4. The lowest BCUT2D eigenvalue weighted by Crippen LogP contribution is -2.46. The second kappa shape index (κ2) is 6.92. The van der Waals surface area contributed by atoms with Crippen LogP contribution in [0.25, 0.3) is 0 Å². The predicted octanol–water partition coefficient (Wildman–Crippen LogP) is 0.902. The lowest BCUT2D eigenvalue weighted by Gasteiger charge is -2.20. The van der Waals surface area contributed by atoms with Crippen molar-refractivity contribution in [2.75, 3.05) is 7.11 Å². The summed E-state index contributed by atoms with van der Waals surface area (Å²) < 4.78 is 4.71. The highest BCUT2D eigenvalue weighted by Gasteiger charge is 2.25. The smallest absolute Gasteiger partial charge is 0.328 e. The summed E-state index contributed by atoms with van der Waals surface area (Å²) in [5.41, 5.74) is 0.771. The first-order valence-electron chi connectivity index (χ1n) is 6.31. The number of ether oxygens (including phenoxy) is 1. The first kappa shape index (κ1) is 15.2. The maximum Gasteiger partial charge on any atom is 0.328 e. The summed E-state index contributed by atoms with van der Waals surface area (Å²) in [4.78, 5) is 30.5. The van der Waals surface area contributed by atoms with Crippen molar-refractivity contribution in [3.63, 3.8) is 0 Å². The highest BCUT2D eigenvalue weighted by atomic mass is 16.5. The number of imidazole rings is 1. The Kier molecular flexibility index (Phi) is 5.54. The fourth-order valence-electron chi connectivity index (χ4n) is 1.56. The van der Waals surface area contributed by atoms with E-state index in [1.807, 2.05) is 20.8 Å². The minimum atomic E-state index is -0.695. The third-order valence-corrected chi connectivity index (χ3v) is 3.19. The Bertz CT molecular complexity index is 415. The van der Waals surface area contributed by atoms with E-state index in [-0.39, 0.29) is 17.7 Å². The van der Waals surface area contributed by atoms with Crippen molar-refractivity contribution < 1.29 is 14.3 Å². The van der Waals surface area contributed by atoms with Gasteiger partial charge in [0.15, 0.2) is 0 Å². The Morgan fingerprint density at radius 3 is 2.58 bits per heavy atom. The third-order valence-electron chi connectivity index (χ3n) is 3.19. The van der Waals surface area contributed by atoms with Gasteiger partial charge in [-0.1, -0.05) is 20.8 Å². The fraction of sp³-hybridized carbons (Fsp3) is 0.615. The summed E-state index contributed by atoms with van der Waals surface area (Å²) in [6.45, 7) is 5.77.